The minimum absolute atomic E-state index is 0.0270. The molecule has 0 aromatic carbocycles. The molecule has 1 atom stereocenters. The third-order valence-electron chi connectivity index (χ3n) is 3.14. The molecule has 1 aliphatic heterocycles. The maximum absolute atomic E-state index is 11.4. The van der Waals surface area contributed by atoms with Crippen molar-refractivity contribution >= 4 is 21.4 Å². The fourth-order valence-electron chi connectivity index (χ4n) is 2.05. The minimum atomic E-state index is -3.05. The number of thiazole rings is 1. The summed E-state index contributed by atoms with van der Waals surface area (Å²) in [5, 5.41) is 2.98. The number of nitrogens with zero attached hydrogens (tertiary/aromatic N) is 3. The molecular formula is C11H20N4O2S2. The van der Waals surface area contributed by atoms with Crippen molar-refractivity contribution in [1.82, 2.24) is 14.2 Å². The summed E-state index contributed by atoms with van der Waals surface area (Å²) in [4.78, 5) is 6.72. The van der Waals surface area contributed by atoms with Crippen molar-refractivity contribution in [2.45, 2.75) is 19.5 Å². The van der Waals surface area contributed by atoms with Crippen LogP contribution < -0.4 is 5.73 Å². The lowest BCUT2D eigenvalue weighted by atomic mass is 10.3. The number of aromatic nitrogens is 1. The smallest absolute Gasteiger partial charge is 0.211 e. The molecule has 1 aromatic rings. The molecule has 8 heteroatoms. The molecule has 0 radical (unpaired) electrons. The summed E-state index contributed by atoms with van der Waals surface area (Å²) in [6, 6.07) is -0.0270. The average Bonchev–Trinajstić information content (AvgIpc) is 2.77. The number of piperazine rings is 1. The van der Waals surface area contributed by atoms with Gasteiger partial charge in [-0.05, 0) is 6.92 Å². The molecule has 0 amide bonds. The molecule has 2 heterocycles. The largest absolute Gasteiger partial charge is 0.322 e. The van der Waals surface area contributed by atoms with Gasteiger partial charge in [0.25, 0.3) is 0 Å². The first-order valence-corrected chi connectivity index (χ1v) is 8.96. The van der Waals surface area contributed by atoms with Gasteiger partial charge in [-0.1, -0.05) is 0 Å². The number of hydrogen-bond donors (Lipinski definition) is 1. The van der Waals surface area contributed by atoms with Gasteiger partial charge in [0.1, 0.15) is 5.01 Å². The summed E-state index contributed by atoms with van der Waals surface area (Å²) < 4.78 is 24.4. The summed E-state index contributed by atoms with van der Waals surface area (Å²) in [5.41, 5.74) is 6.81. The van der Waals surface area contributed by atoms with Crippen LogP contribution in [0.1, 0.15) is 23.7 Å². The van der Waals surface area contributed by atoms with Crippen LogP contribution in [0.25, 0.3) is 0 Å². The Hall–Kier alpha value is -0.540. The maximum atomic E-state index is 11.4. The predicted molar refractivity (Wildman–Crippen MR) is 76.4 cm³/mol. The zero-order chi connectivity index (χ0) is 14.0. The van der Waals surface area contributed by atoms with Crippen molar-refractivity contribution in [3.05, 3.63) is 16.1 Å². The molecule has 0 aliphatic carbocycles. The monoisotopic (exact) mass is 304 g/mol. The third-order valence-corrected chi connectivity index (χ3v) is 5.54. The molecule has 0 bridgehead atoms. The van der Waals surface area contributed by atoms with E-state index >= 15 is 0 Å². The first-order valence-electron chi connectivity index (χ1n) is 6.23. The van der Waals surface area contributed by atoms with Crippen LogP contribution in [0.5, 0.6) is 0 Å². The molecule has 19 heavy (non-hydrogen) atoms. The highest BCUT2D eigenvalue weighted by molar-refractivity contribution is 7.88. The van der Waals surface area contributed by atoms with Crippen LogP contribution in [0.3, 0.4) is 0 Å². The summed E-state index contributed by atoms with van der Waals surface area (Å²) in [5.74, 6) is 0. The molecule has 1 fully saturated rings. The zero-order valence-corrected chi connectivity index (χ0v) is 12.9. The molecule has 2 N–H and O–H groups in total. The lowest BCUT2D eigenvalue weighted by Crippen LogP contribution is -2.47. The van der Waals surface area contributed by atoms with E-state index in [0.717, 1.165) is 30.3 Å². The molecule has 2 rings (SSSR count). The van der Waals surface area contributed by atoms with E-state index in [4.69, 9.17) is 5.73 Å². The lowest BCUT2D eigenvalue weighted by molar-refractivity contribution is 0.180. The quantitative estimate of drug-likeness (QED) is 0.862. The molecule has 1 aromatic heterocycles. The topological polar surface area (TPSA) is 79.5 Å². The number of sulfonamides is 1. The van der Waals surface area contributed by atoms with Crippen LogP contribution in [-0.2, 0) is 16.6 Å². The second-order valence-electron chi connectivity index (χ2n) is 4.90. The van der Waals surface area contributed by atoms with Crippen LogP contribution in [0.4, 0.5) is 0 Å². The van der Waals surface area contributed by atoms with Gasteiger partial charge in [0, 0.05) is 38.1 Å². The van der Waals surface area contributed by atoms with Crippen molar-refractivity contribution in [2.24, 2.45) is 5.73 Å². The molecular weight excluding hydrogens is 284 g/mol. The molecule has 108 valence electrons. The van der Waals surface area contributed by atoms with Gasteiger partial charge in [-0.25, -0.2) is 13.4 Å². The molecule has 0 spiro atoms. The maximum Gasteiger partial charge on any atom is 0.211 e. The Morgan fingerprint density at radius 2 is 2.05 bits per heavy atom. The van der Waals surface area contributed by atoms with E-state index in [-0.39, 0.29) is 6.04 Å². The van der Waals surface area contributed by atoms with Crippen LogP contribution in [0.15, 0.2) is 5.38 Å². The molecule has 1 unspecified atom stereocenters. The van der Waals surface area contributed by atoms with E-state index in [1.165, 1.54) is 10.6 Å². The van der Waals surface area contributed by atoms with Crippen LogP contribution in [-0.4, -0.2) is 55.0 Å². The summed E-state index contributed by atoms with van der Waals surface area (Å²) in [6.07, 6.45) is 1.26. The van der Waals surface area contributed by atoms with E-state index in [1.807, 2.05) is 12.3 Å². The standard InChI is InChI=1S/C11H20N4O2S2/c1-9(12)11-13-10(8-18-11)7-14-3-5-15(6-4-14)19(2,16)17/h8-9H,3-7,12H2,1-2H3. The third kappa shape index (κ3) is 3.96. The van der Waals surface area contributed by atoms with Gasteiger partial charge in [0.2, 0.25) is 10.0 Å². The number of nitrogens with two attached hydrogens (primary N) is 1. The van der Waals surface area contributed by atoms with Crippen LogP contribution >= 0.6 is 11.3 Å². The van der Waals surface area contributed by atoms with Crippen molar-refractivity contribution in [2.75, 3.05) is 32.4 Å². The first kappa shape index (κ1) is 14.9. The predicted octanol–water partition coefficient (Wildman–Crippen LogP) is 0.240. The van der Waals surface area contributed by atoms with Gasteiger partial charge in [0.05, 0.1) is 18.0 Å². The summed E-state index contributed by atoms with van der Waals surface area (Å²) >= 11 is 1.58. The molecule has 6 nitrogen and oxygen atoms in total. The fourth-order valence-corrected chi connectivity index (χ4v) is 3.65. The van der Waals surface area contributed by atoms with Gasteiger partial charge >= 0.3 is 0 Å². The van der Waals surface area contributed by atoms with Crippen molar-refractivity contribution in [3.63, 3.8) is 0 Å². The second-order valence-corrected chi connectivity index (χ2v) is 7.78. The van der Waals surface area contributed by atoms with Gasteiger partial charge in [-0.2, -0.15) is 4.31 Å². The van der Waals surface area contributed by atoms with E-state index in [9.17, 15) is 8.42 Å². The van der Waals surface area contributed by atoms with Gasteiger partial charge in [0.15, 0.2) is 0 Å². The van der Waals surface area contributed by atoms with Crippen LogP contribution in [0.2, 0.25) is 0 Å². The van der Waals surface area contributed by atoms with E-state index in [1.54, 1.807) is 11.3 Å². The summed E-state index contributed by atoms with van der Waals surface area (Å²) in [6.45, 7) is 5.30. The number of rotatable bonds is 4. The Labute approximate surface area is 118 Å². The number of hydrogen-bond acceptors (Lipinski definition) is 6. The summed E-state index contributed by atoms with van der Waals surface area (Å²) in [7, 11) is -3.05. The van der Waals surface area contributed by atoms with E-state index in [2.05, 4.69) is 9.88 Å². The normalized spacial score (nSPS) is 20.6. The van der Waals surface area contributed by atoms with Crippen molar-refractivity contribution < 1.29 is 8.42 Å². The van der Waals surface area contributed by atoms with Crippen molar-refractivity contribution in [3.8, 4) is 0 Å². The van der Waals surface area contributed by atoms with Crippen molar-refractivity contribution in [1.29, 1.82) is 0 Å². The highest BCUT2D eigenvalue weighted by atomic mass is 32.2. The highest BCUT2D eigenvalue weighted by Crippen LogP contribution is 2.17. The Morgan fingerprint density at radius 1 is 1.42 bits per heavy atom. The minimum Gasteiger partial charge on any atom is -0.322 e. The SMILES string of the molecule is CC(N)c1nc(CN2CCN(S(C)(=O)=O)CC2)cs1. The van der Waals surface area contributed by atoms with Gasteiger partial charge in [-0.15, -0.1) is 11.3 Å². The zero-order valence-electron chi connectivity index (χ0n) is 11.2. The lowest BCUT2D eigenvalue weighted by Gasteiger charge is -2.32. The second kappa shape index (κ2) is 5.84. The van der Waals surface area contributed by atoms with Gasteiger partial charge < -0.3 is 5.73 Å². The van der Waals surface area contributed by atoms with Crippen LogP contribution in [0, 0.1) is 0 Å². The van der Waals surface area contributed by atoms with E-state index in [0.29, 0.717) is 13.1 Å². The fraction of sp³-hybridized carbons (Fsp3) is 0.727. The Balaban J connectivity index is 1.88. The molecule has 0 saturated carbocycles. The Kier molecular flexibility index (Phi) is 4.57. The Bertz CT molecular complexity index is 519. The highest BCUT2D eigenvalue weighted by Gasteiger charge is 2.23. The van der Waals surface area contributed by atoms with Gasteiger partial charge in [-0.3, -0.25) is 4.90 Å². The molecule has 1 saturated heterocycles. The Morgan fingerprint density at radius 3 is 2.53 bits per heavy atom. The van der Waals surface area contributed by atoms with E-state index < -0.39 is 10.0 Å². The average molecular weight is 304 g/mol. The first-order chi connectivity index (χ1) is 8.86. The molecule has 1 aliphatic rings.